The highest BCUT2D eigenvalue weighted by atomic mass is 79.9. The molecule has 0 fully saturated rings. The molecule has 3 rings (SSSR count). The second-order valence-electron chi connectivity index (χ2n) is 6.51. The number of aryl methyl sites for hydroxylation is 1. The SMILES string of the molecule is CNC(C)(c1nc2ccc(C#N)cc2[nH]1)c1c(OC)cc(C)c(Br)c1C. The quantitative estimate of drug-likeness (QED) is 0.669. The Morgan fingerprint density at radius 1 is 1.31 bits per heavy atom. The van der Waals surface area contributed by atoms with E-state index in [0.717, 1.165) is 43.8 Å². The molecule has 5 nitrogen and oxygen atoms in total. The Kier molecular flexibility index (Phi) is 4.78. The van der Waals surface area contributed by atoms with E-state index >= 15 is 0 Å². The van der Waals surface area contributed by atoms with Crippen LogP contribution in [-0.4, -0.2) is 24.1 Å². The fourth-order valence-corrected chi connectivity index (χ4v) is 3.70. The lowest BCUT2D eigenvalue weighted by atomic mass is 9.86. The minimum Gasteiger partial charge on any atom is -0.496 e. The first-order valence-electron chi connectivity index (χ1n) is 8.29. The summed E-state index contributed by atoms with van der Waals surface area (Å²) in [5, 5.41) is 12.5. The Balaban J connectivity index is 2.28. The van der Waals surface area contributed by atoms with E-state index in [1.165, 1.54) is 0 Å². The highest BCUT2D eigenvalue weighted by Crippen LogP contribution is 2.41. The Bertz CT molecular complexity index is 1030. The van der Waals surface area contributed by atoms with E-state index in [4.69, 9.17) is 15.0 Å². The number of nitrogens with zero attached hydrogens (tertiary/aromatic N) is 2. The number of fused-ring (bicyclic) bond motifs is 1. The second kappa shape index (κ2) is 6.75. The third-order valence-corrected chi connectivity index (χ3v) is 6.17. The molecular formula is C20H21BrN4O. The molecule has 0 aliphatic rings. The molecule has 0 saturated carbocycles. The average Bonchev–Trinajstić information content (AvgIpc) is 3.08. The summed E-state index contributed by atoms with van der Waals surface area (Å²) in [4.78, 5) is 8.16. The van der Waals surface area contributed by atoms with Crippen molar-refractivity contribution in [3.05, 3.63) is 56.8 Å². The standard InChI is InChI=1S/C20H21BrN4O/c1-11-8-16(26-5)17(12(2)18(11)21)20(3,23-4)19-24-14-7-6-13(10-22)9-15(14)25-19/h6-9,23H,1-5H3,(H,24,25). The normalized spacial score (nSPS) is 13.4. The summed E-state index contributed by atoms with van der Waals surface area (Å²) in [5.74, 6) is 1.57. The fourth-order valence-electron chi connectivity index (χ4n) is 3.38. The van der Waals surface area contributed by atoms with Gasteiger partial charge in [0.25, 0.3) is 0 Å². The summed E-state index contributed by atoms with van der Waals surface area (Å²) >= 11 is 3.69. The zero-order chi connectivity index (χ0) is 19.1. The van der Waals surface area contributed by atoms with Crippen LogP contribution in [0.5, 0.6) is 5.75 Å². The number of aromatic nitrogens is 2. The summed E-state index contributed by atoms with van der Waals surface area (Å²) < 4.78 is 6.75. The minimum atomic E-state index is -0.600. The van der Waals surface area contributed by atoms with Crippen molar-refractivity contribution in [2.75, 3.05) is 14.2 Å². The van der Waals surface area contributed by atoms with Crippen LogP contribution in [0.3, 0.4) is 0 Å². The second-order valence-corrected chi connectivity index (χ2v) is 7.31. The summed E-state index contributed by atoms with van der Waals surface area (Å²) in [6.07, 6.45) is 0. The molecule has 26 heavy (non-hydrogen) atoms. The molecule has 0 bridgehead atoms. The first kappa shape index (κ1) is 18.4. The van der Waals surface area contributed by atoms with E-state index in [1.807, 2.05) is 32.2 Å². The van der Waals surface area contributed by atoms with Crippen molar-refractivity contribution in [1.29, 1.82) is 5.26 Å². The summed E-state index contributed by atoms with van der Waals surface area (Å²) in [6.45, 7) is 6.19. The van der Waals surface area contributed by atoms with Crippen molar-refractivity contribution in [2.24, 2.45) is 0 Å². The number of imidazole rings is 1. The van der Waals surface area contributed by atoms with Crippen LogP contribution in [-0.2, 0) is 5.54 Å². The van der Waals surface area contributed by atoms with Gasteiger partial charge in [0.1, 0.15) is 17.1 Å². The summed E-state index contributed by atoms with van der Waals surface area (Å²) in [6, 6.07) is 9.64. The van der Waals surface area contributed by atoms with Crippen LogP contribution < -0.4 is 10.1 Å². The lowest BCUT2D eigenvalue weighted by molar-refractivity contribution is 0.379. The third kappa shape index (κ3) is 2.77. The lowest BCUT2D eigenvalue weighted by Gasteiger charge is -2.31. The molecule has 0 spiro atoms. The van der Waals surface area contributed by atoms with Gasteiger partial charge in [0.2, 0.25) is 0 Å². The largest absolute Gasteiger partial charge is 0.496 e. The van der Waals surface area contributed by atoms with E-state index < -0.39 is 5.54 Å². The van der Waals surface area contributed by atoms with Crippen LogP contribution in [0, 0.1) is 25.2 Å². The number of aromatic amines is 1. The van der Waals surface area contributed by atoms with Crippen molar-refractivity contribution in [1.82, 2.24) is 15.3 Å². The van der Waals surface area contributed by atoms with Gasteiger partial charge in [-0.2, -0.15) is 5.26 Å². The first-order chi connectivity index (χ1) is 12.3. The Morgan fingerprint density at radius 3 is 2.65 bits per heavy atom. The van der Waals surface area contributed by atoms with Gasteiger partial charge >= 0.3 is 0 Å². The van der Waals surface area contributed by atoms with Crippen LogP contribution in [0.4, 0.5) is 0 Å². The predicted octanol–water partition coefficient (Wildman–Crippen LogP) is 4.31. The van der Waals surface area contributed by atoms with Crippen molar-refractivity contribution in [2.45, 2.75) is 26.3 Å². The van der Waals surface area contributed by atoms with Crippen molar-refractivity contribution >= 4 is 27.0 Å². The molecule has 1 unspecified atom stereocenters. The molecule has 1 atom stereocenters. The first-order valence-corrected chi connectivity index (χ1v) is 9.08. The van der Waals surface area contributed by atoms with Crippen LogP contribution in [0.2, 0.25) is 0 Å². The van der Waals surface area contributed by atoms with E-state index in [0.29, 0.717) is 5.56 Å². The number of methoxy groups -OCH3 is 1. The number of halogens is 1. The van der Waals surface area contributed by atoms with Gasteiger partial charge in [-0.05, 0) is 63.2 Å². The van der Waals surface area contributed by atoms with E-state index in [2.05, 4.69) is 46.1 Å². The molecule has 0 saturated heterocycles. The maximum Gasteiger partial charge on any atom is 0.132 e. The monoisotopic (exact) mass is 412 g/mol. The van der Waals surface area contributed by atoms with Crippen molar-refractivity contribution in [3.63, 3.8) is 0 Å². The molecule has 6 heteroatoms. The number of nitrogens with one attached hydrogen (secondary N) is 2. The number of ether oxygens (including phenoxy) is 1. The number of rotatable bonds is 4. The van der Waals surface area contributed by atoms with Crippen LogP contribution in [0.15, 0.2) is 28.7 Å². The Labute approximate surface area is 161 Å². The van der Waals surface area contributed by atoms with Gasteiger partial charge in [-0.3, -0.25) is 0 Å². The Hall–Kier alpha value is -2.36. The molecular weight excluding hydrogens is 392 g/mol. The molecule has 0 aliphatic heterocycles. The van der Waals surface area contributed by atoms with Crippen molar-refractivity contribution < 1.29 is 4.74 Å². The molecule has 1 heterocycles. The van der Waals surface area contributed by atoms with E-state index in [9.17, 15) is 0 Å². The van der Waals surface area contributed by atoms with Crippen LogP contribution in [0.1, 0.15) is 35.0 Å². The minimum absolute atomic E-state index is 0.600. The maximum absolute atomic E-state index is 9.13. The van der Waals surface area contributed by atoms with Crippen molar-refractivity contribution in [3.8, 4) is 11.8 Å². The maximum atomic E-state index is 9.13. The number of H-pyrrole nitrogens is 1. The third-order valence-electron chi connectivity index (χ3n) is 4.95. The highest BCUT2D eigenvalue weighted by molar-refractivity contribution is 9.10. The number of hydrogen-bond donors (Lipinski definition) is 2. The van der Waals surface area contributed by atoms with Gasteiger partial charge in [0, 0.05) is 10.0 Å². The van der Waals surface area contributed by atoms with Crippen LogP contribution in [0.25, 0.3) is 11.0 Å². The molecule has 1 aromatic heterocycles. The van der Waals surface area contributed by atoms with Gasteiger partial charge in [0.15, 0.2) is 0 Å². The summed E-state index contributed by atoms with van der Waals surface area (Å²) in [5.41, 5.74) is 4.89. The molecule has 0 aliphatic carbocycles. The van der Waals surface area contributed by atoms with E-state index in [-0.39, 0.29) is 0 Å². The zero-order valence-corrected chi connectivity index (χ0v) is 17.1. The topological polar surface area (TPSA) is 73.7 Å². The molecule has 134 valence electrons. The predicted molar refractivity (Wildman–Crippen MR) is 106 cm³/mol. The molecule has 3 aromatic rings. The van der Waals surface area contributed by atoms with Crippen LogP contribution >= 0.6 is 15.9 Å². The number of hydrogen-bond acceptors (Lipinski definition) is 4. The fraction of sp³-hybridized carbons (Fsp3) is 0.300. The molecule has 2 aromatic carbocycles. The van der Waals surface area contributed by atoms with E-state index in [1.54, 1.807) is 13.2 Å². The number of nitriles is 1. The number of benzene rings is 2. The van der Waals surface area contributed by atoms with Gasteiger partial charge in [-0.1, -0.05) is 15.9 Å². The molecule has 2 N–H and O–H groups in total. The average molecular weight is 413 g/mol. The van der Waals surface area contributed by atoms with Gasteiger partial charge in [0.05, 0.1) is 29.8 Å². The Morgan fingerprint density at radius 2 is 2.04 bits per heavy atom. The van der Waals surface area contributed by atoms with Gasteiger partial charge in [-0.15, -0.1) is 0 Å². The smallest absolute Gasteiger partial charge is 0.132 e. The zero-order valence-electron chi connectivity index (χ0n) is 15.5. The molecule has 0 radical (unpaired) electrons. The summed E-state index contributed by atoms with van der Waals surface area (Å²) in [7, 11) is 3.58. The van der Waals surface area contributed by atoms with Gasteiger partial charge in [-0.25, -0.2) is 4.98 Å². The van der Waals surface area contributed by atoms with Gasteiger partial charge < -0.3 is 15.0 Å². The molecule has 0 amide bonds. The highest BCUT2D eigenvalue weighted by Gasteiger charge is 2.36. The lowest BCUT2D eigenvalue weighted by Crippen LogP contribution is -2.40.